The summed E-state index contributed by atoms with van der Waals surface area (Å²) in [6, 6.07) is 2.30. The van der Waals surface area contributed by atoms with Crippen molar-refractivity contribution < 1.29 is 21.2 Å². The van der Waals surface area contributed by atoms with Crippen molar-refractivity contribution in [1.82, 2.24) is 9.44 Å². The molecule has 0 aliphatic heterocycles. The Kier molecular flexibility index (Phi) is 5.68. The number of nitrogen functional groups attached to an aromatic ring is 1. The third-order valence-corrected chi connectivity index (χ3v) is 5.49. The number of rotatable bonds is 7. The molecule has 0 atom stereocenters. The molecule has 120 valence electrons. The molecule has 0 fully saturated rings. The van der Waals surface area contributed by atoms with Crippen molar-refractivity contribution in [1.29, 1.82) is 0 Å². The smallest absolute Gasteiger partial charge is 0.243 e. The first-order valence-corrected chi connectivity index (χ1v) is 9.25. The number of nitrogens with two attached hydrogens (primary N) is 1. The molecule has 10 heteroatoms. The third-order valence-electron chi connectivity index (χ3n) is 2.56. The molecule has 0 bridgehead atoms. The van der Waals surface area contributed by atoms with Crippen molar-refractivity contribution in [3.05, 3.63) is 23.5 Å². The number of hydrogen-bond acceptors (Lipinski definition) is 5. The molecular weight excluding hydrogens is 321 g/mol. The van der Waals surface area contributed by atoms with Crippen LogP contribution in [0.1, 0.15) is 12.5 Å². The molecule has 4 N–H and O–H groups in total. The largest absolute Gasteiger partial charge is 0.399 e. The summed E-state index contributed by atoms with van der Waals surface area (Å²) in [5, 5.41) is 0. The number of sulfonamides is 2. The highest BCUT2D eigenvalue weighted by Gasteiger charge is 2.21. The lowest BCUT2D eigenvalue weighted by atomic mass is 10.2. The minimum Gasteiger partial charge on any atom is -0.399 e. The van der Waals surface area contributed by atoms with Crippen LogP contribution in [0.2, 0.25) is 0 Å². The Morgan fingerprint density at radius 3 is 2.38 bits per heavy atom. The average molecular weight is 339 g/mol. The number of aryl methyl sites for hydroxylation is 1. The average Bonchev–Trinajstić information content (AvgIpc) is 2.32. The van der Waals surface area contributed by atoms with Crippen molar-refractivity contribution in [2.24, 2.45) is 0 Å². The van der Waals surface area contributed by atoms with E-state index in [2.05, 4.69) is 4.72 Å². The van der Waals surface area contributed by atoms with Crippen LogP contribution in [0.4, 0.5) is 10.1 Å². The number of halogens is 1. The summed E-state index contributed by atoms with van der Waals surface area (Å²) in [6.45, 7) is 2.83. The van der Waals surface area contributed by atoms with E-state index in [4.69, 9.17) is 5.73 Å². The first-order valence-electron chi connectivity index (χ1n) is 6.11. The Morgan fingerprint density at radius 2 is 1.81 bits per heavy atom. The van der Waals surface area contributed by atoms with Crippen LogP contribution in [0.3, 0.4) is 0 Å². The Morgan fingerprint density at radius 1 is 1.19 bits per heavy atom. The molecule has 0 aliphatic carbocycles. The van der Waals surface area contributed by atoms with Crippen molar-refractivity contribution in [3.8, 4) is 0 Å². The van der Waals surface area contributed by atoms with Gasteiger partial charge < -0.3 is 5.73 Å². The Labute approximate surface area is 123 Å². The van der Waals surface area contributed by atoms with Crippen LogP contribution in [0, 0.1) is 12.7 Å². The minimum atomic E-state index is -4.17. The predicted molar refractivity (Wildman–Crippen MR) is 78.2 cm³/mol. The summed E-state index contributed by atoms with van der Waals surface area (Å²) in [5.41, 5.74) is 5.70. The van der Waals surface area contributed by atoms with E-state index >= 15 is 0 Å². The van der Waals surface area contributed by atoms with Gasteiger partial charge in [0.05, 0.1) is 5.75 Å². The van der Waals surface area contributed by atoms with E-state index in [1.165, 1.54) is 13.0 Å². The fourth-order valence-electron chi connectivity index (χ4n) is 1.64. The summed E-state index contributed by atoms with van der Waals surface area (Å²) >= 11 is 0. The standard InChI is InChI=1S/C11H18FN3O4S2/c1-3-14-20(16,17)5-4-15-21(18,19)10-7-9(13)6-8(2)11(10)12/h6-7,14-15H,3-5,13H2,1-2H3. The zero-order valence-corrected chi connectivity index (χ0v) is 13.3. The number of anilines is 1. The van der Waals surface area contributed by atoms with Crippen LogP contribution in [-0.4, -0.2) is 35.7 Å². The van der Waals surface area contributed by atoms with Gasteiger partial charge in [0.2, 0.25) is 20.0 Å². The van der Waals surface area contributed by atoms with Crippen molar-refractivity contribution in [3.63, 3.8) is 0 Å². The first-order chi connectivity index (χ1) is 9.59. The lowest BCUT2D eigenvalue weighted by Gasteiger charge is -2.10. The SMILES string of the molecule is CCNS(=O)(=O)CCNS(=O)(=O)c1cc(N)cc(C)c1F. The first kappa shape index (κ1) is 17.8. The summed E-state index contributed by atoms with van der Waals surface area (Å²) in [4.78, 5) is -0.596. The highest BCUT2D eigenvalue weighted by molar-refractivity contribution is 7.90. The second-order valence-electron chi connectivity index (χ2n) is 4.36. The van der Waals surface area contributed by atoms with Gasteiger partial charge in [0.15, 0.2) is 0 Å². The quantitative estimate of drug-likeness (QED) is 0.601. The second kappa shape index (κ2) is 6.69. The van der Waals surface area contributed by atoms with E-state index in [-0.39, 0.29) is 24.3 Å². The van der Waals surface area contributed by atoms with Crippen LogP contribution >= 0.6 is 0 Å². The van der Waals surface area contributed by atoms with E-state index in [9.17, 15) is 21.2 Å². The normalized spacial score (nSPS) is 12.5. The van der Waals surface area contributed by atoms with Gasteiger partial charge in [0.25, 0.3) is 0 Å². The van der Waals surface area contributed by atoms with Crippen LogP contribution in [0.15, 0.2) is 17.0 Å². The third kappa shape index (κ3) is 4.92. The highest BCUT2D eigenvalue weighted by atomic mass is 32.2. The summed E-state index contributed by atoms with van der Waals surface area (Å²) in [6.07, 6.45) is 0. The predicted octanol–water partition coefficient (Wildman–Crippen LogP) is -0.0661. The molecule has 0 saturated carbocycles. The van der Waals surface area contributed by atoms with Gasteiger partial charge in [-0.05, 0) is 24.6 Å². The van der Waals surface area contributed by atoms with E-state index in [1.807, 2.05) is 4.72 Å². The Bertz CT molecular complexity index is 717. The minimum absolute atomic E-state index is 0.0932. The molecule has 7 nitrogen and oxygen atoms in total. The lowest BCUT2D eigenvalue weighted by molar-refractivity contribution is 0.554. The van der Waals surface area contributed by atoms with Gasteiger partial charge in [0.1, 0.15) is 10.7 Å². The van der Waals surface area contributed by atoms with Crippen molar-refractivity contribution >= 4 is 25.7 Å². The zero-order valence-electron chi connectivity index (χ0n) is 11.7. The molecule has 0 amide bonds. The van der Waals surface area contributed by atoms with Gasteiger partial charge in [-0.25, -0.2) is 30.7 Å². The van der Waals surface area contributed by atoms with Crippen LogP contribution in [0.25, 0.3) is 0 Å². The molecule has 1 rings (SSSR count). The molecule has 0 spiro atoms. The molecule has 1 aromatic carbocycles. The van der Waals surface area contributed by atoms with Gasteiger partial charge in [-0.15, -0.1) is 0 Å². The van der Waals surface area contributed by atoms with E-state index in [1.54, 1.807) is 6.92 Å². The molecule has 0 unspecified atom stereocenters. The maximum atomic E-state index is 13.9. The van der Waals surface area contributed by atoms with Gasteiger partial charge in [-0.2, -0.15) is 0 Å². The molecule has 1 aromatic rings. The summed E-state index contributed by atoms with van der Waals surface area (Å²) in [5.74, 6) is -1.35. The monoisotopic (exact) mass is 339 g/mol. The fourth-order valence-corrected chi connectivity index (χ4v) is 3.94. The van der Waals surface area contributed by atoms with Crippen molar-refractivity contribution in [2.45, 2.75) is 18.7 Å². The molecule has 21 heavy (non-hydrogen) atoms. The molecule has 0 saturated heterocycles. The van der Waals surface area contributed by atoms with Gasteiger partial charge in [-0.3, -0.25) is 0 Å². The van der Waals surface area contributed by atoms with E-state index < -0.39 is 36.5 Å². The Hall–Kier alpha value is -1.23. The van der Waals surface area contributed by atoms with Crippen LogP contribution in [-0.2, 0) is 20.0 Å². The number of benzene rings is 1. The van der Waals surface area contributed by atoms with Crippen LogP contribution in [0.5, 0.6) is 0 Å². The molecule has 0 radical (unpaired) electrons. The molecular formula is C11H18FN3O4S2. The van der Waals surface area contributed by atoms with Gasteiger partial charge in [-0.1, -0.05) is 6.92 Å². The van der Waals surface area contributed by atoms with Gasteiger partial charge >= 0.3 is 0 Å². The maximum Gasteiger partial charge on any atom is 0.243 e. The summed E-state index contributed by atoms with van der Waals surface area (Å²) in [7, 11) is -7.73. The van der Waals surface area contributed by atoms with E-state index in [0.717, 1.165) is 6.07 Å². The molecule has 0 aromatic heterocycles. The fraction of sp³-hybridized carbons (Fsp3) is 0.455. The topological polar surface area (TPSA) is 118 Å². The number of nitrogens with one attached hydrogen (secondary N) is 2. The highest BCUT2D eigenvalue weighted by Crippen LogP contribution is 2.21. The molecule has 0 heterocycles. The van der Waals surface area contributed by atoms with Crippen LogP contribution < -0.4 is 15.2 Å². The molecule has 0 aliphatic rings. The van der Waals surface area contributed by atoms with Crippen molar-refractivity contribution in [2.75, 3.05) is 24.6 Å². The van der Waals surface area contributed by atoms with E-state index in [0.29, 0.717) is 0 Å². The Balaban J connectivity index is 2.89. The summed E-state index contributed by atoms with van der Waals surface area (Å²) < 4.78 is 64.9. The second-order valence-corrected chi connectivity index (χ2v) is 8.03. The maximum absolute atomic E-state index is 13.9. The zero-order chi connectivity index (χ0) is 16.3. The van der Waals surface area contributed by atoms with Gasteiger partial charge in [0, 0.05) is 18.8 Å². The lowest BCUT2D eigenvalue weighted by Crippen LogP contribution is -2.34. The number of hydrogen-bond donors (Lipinski definition) is 3.